The molecule has 2 aromatic rings. The van der Waals surface area contributed by atoms with Crippen LogP contribution in [0.1, 0.15) is 91.0 Å². The van der Waals surface area contributed by atoms with Crippen molar-refractivity contribution >= 4 is 29.8 Å². The number of aromatic hydroxyl groups is 1. The summed E-state index contributed by atoms with van der Waals surface area (Å²) in [5.74, 6) is -3.11. The molecule has 12 nitrogen and oxygen atoms in total. The summed E-state index contributed by atoms with van der Waals surface area (Å²) in [6.45, 7) is 15.1. The molecule has 12 heteroatoms. The van der Waals surface area contributed by atoms with Gasteiger partial charge in [-0.05, 0) is 79.9 Å². The van der Waals surface area contributed by atoms with Gasteiger partial charge in [0.25, 0.3) is 0 Å². The third-order valence-corrected chi connectivity index (χ3v) is 6.86. The van der Waals surface area contributed by atoms with E-state index in [0.29, 0.717) is 5.56 Å². The van der Waals surface area contributed by atoms with Gasteiger partial charge >= 0.3 is 12.1 Å². The number of para-hydroxylation sites is 1. The number of primary amides is 1. The van der Waals surface area contributed by atoms with Gasteiger partial charge in [-0.3, -0.25) is 14.4 Å². The van der Waals surface area contributed by atoms with Crippen molar-refractivity contribution in [1.29, 1.82) is 0 Å². The molecule has 0 aliphatic rings. The van der Waals surface area contributed by atoms with Gasteiger partial charge in [0.15, 0.2) is 0 Å². The molecule has 2 rings (SSSR count). The lowest BCUT2D eigenvalue weighted by Gasteiger charge is -2.38. The molecule has 0 spiro atoms. The van der Waals surface area contributed by atoms with Crippen LogP contribution in [0.25, 0.3) is 0 Å². The first-order chi connectivity index (χ1) is 21.7. The van der Waals surface area contributed by atoms with E-state index >= 15 is 0 Å². The largest absolute Gasteiger partial charge is 0.507 e. The number of ether oxygens (including phenoxy) is 2. The highest BCUT2D eigenvalue weighted by Gasteiger charge is 2.40. The Kier molecular flexibility index (Phi) is 13.4. The third-order valence-electron chi connectivity index (χ3n) is 6.86. The van der Waals surface area contributed by atoms with Gasteiger partial charge in [-0.15, -0.1) is 0 Å². The van der Waals surface area contributed by atoms with Crippen molar-refractivity contribution in [3.8, 4) is 5.75 Å². The van der Waals surface area contributed by atoms with E-state index in [1.54, 1.807) is 86.6 Å². The topological polar surface area (TPSA) is 177 Å². The number of hydrogen-bond acceptors (Lipinski definition) is 8. The number of aryl methyl sites for hydroxylation is 1. The minimum Gasteiger partial charge on any atom is -0.507 e. The van der Waals surface area contributed by atoms with Crippen molar-refractivity contribution in [2.24, 2.45) is 5.73 Å². The Hall–Kier alpha value is -4.61. The zero-order valence-corrected chi connectivity index (χ0v) is 28.9. The molecule has 0 bridgehead atoms. The van der Waals surface area contributed by atoms with Crippen LogP contribution in [0, 0.1) is 6.92 Å². The fraction of sp³-hybridized carbons (Fsp3) is 0.514. The van der Waals surface area contributed by atoms with Crippen LogP contribution in [0.2, 0.25) is 0 Å². The first kappa shape index (κ1) is 38.6. The lowest BCUT2D eigenvalue weighted by Crippen LogP contribution is -2.56. The van der Waals surface area contributed by atoms with Gasteiger partial charge in [0, 0.05) is 24.4 Å². The quantitative estimate of drug-likeness (QED) is 0.232. The predicted molar refractivity (Wildman–Crippen MR) is 177 cm³/mol. The third kappa shape index (κ3) is 12.3. The van der Waals surface area contributed by atoms with E-state index in [9.17, 15) is 29.1 Å². The molecule has 0 aromatic heterocycles. The first-order valence-corrected chi connectivity index (χ1v) is 15.7. The van der Waals surface area contributed by atoms with Gasteiger partial charge in [-0.2, -0.15) is 0 Å². The van der Waals surface area contributed by atoms with Gasteiger partial charge < -0.3 is 35.8 Å². The second-order valence-corrected chi connectivity index (χ2v) is 13.7. The average Bonchev–Trinajstić information content (AvgIpc) is 2.93. The summed E-state index contributed by atoms with van der Waals surface area (Å²) in [5, 5.41) is 16.5. The number of benzene rings is 2. The number of nitrogens with zero attached hydrogens (tertiary/aromatic N) is 1. The number of nitrogens with one attached hydrogen (secondary N) is 2. The van der Waals surface area contributed by atoms with Crippen molar-refractivity contribution in [3.05, 3.63) is 65.2 Å². The summed E-state index contributed by atoms with van der Waals surface area (Å²) in [6.07, 6.45) is -1.25. The van der Waals surface area contributed by atoms with Gasteiger partial charge in [-0.25, -0.2) is 9.59 Å². The molecule has 0 aliphatic carbocycles. The van der Waals surface area contributed by atoms with E-state index in [4.69, 9.17) is 15.2 Å². The van der Waals surface area contributed by atoms with E-state index in [2.05, 4.69) is 10.6 Å². The van der Waals surface area contributed by atoms with E-state index in [0.717, 1.165) is 5.56 Å². The molecular weight excluding hydrogens is 604 g/mol. The monoisotopic (exact) mass is 654 g/mol. The van der Waals surface area contributed by atoms with Crippen LogP contribution in [-0.4, -0.2) is 69.1 Å². The Morgan fingerprint density at radius 1 is 0.851 bits per heavy atom. The van der Waals surface area contributed by atoms with E-state index in [1.165, 1.54) is 11.0 Å². The number of amides is 4. The highest BCUT2D eigenvalue weighted by atomic mass is 16.6. The number of nitrogens with two attached hydrogens (primary N) is 1. The fourth-order valence-electron chi connectivity index (χ4n) is 4.84. The number of esters is 1. The minimum atomic E-state index is -1.47. The summed E-state index contributed by atoms with van der Waals surface area (Å²) in [7, 11) is 0. The van der Waals surface area contributed by atoms with E-state index < -0.39 is 65.2 Å². The molecule has 258 valence electrons. The molecule has 4 amide bonds. The van der Waals surface area contributed by atoms with E-state index in [1.807, 2.05) is 18.2 Å². The molecule has 0 saturated heterocycles. The van der Waals surface area contributed by atoms with Gasteiger partial charge in [0.2, 0.25) is 17.7 Å². The lowest BCUT2D eigenvalue weighted by molar-refractivity contribution is -0.159. The predicted octanol–water partition coefficient (Wildman–Crippen LogP) is 4.21. The van der Waals surface area contributed by atoms with Gasteiger partial charge in [-0.1, -0.05) is 48.5 Å². The molecule has 47 heavy (non-hydrogen) atoms. The number of hydrogen-bond donors (Lipinski definition) is 4. The smallest absolute Gasteiger partial charge is 0.408 e. The Bertz CT molecular complexity index is 1410. The maximum atomic E-state index is 14.4. The molecule has 0 radical (unpaired) electrons. The van der Waals surface area contributed by atoms with Crippen molar-refractivity contribution in [2.75, 3.05) is 0 Å². The second-order valence-electron chi connectivity index (χ2n) is 13.7. The molecule has 2 aromatic carbocycles. The second kappa shape index (κ2) is 16.3. The van der Waals surface area contributed by atoms with Crippen LogP contribution in [0.4, 0.5) is 4.79 Å². The summed E-state index contributed by atoms with van der Waals surface area (Å²) >= 11 is 0. The molecule has 3 atom stereocenters. The van der Waals surface area contributed by atoms with Crippen molar-refractivity contribution < 1.29 is 38.6 Å². The number of carbonyl (C=O) groups is 5. The Morgan fingerprint density at radius 3 is 1.98 bits per heavy atom. The number of phenolic OH excluding ortho intramolecular Hbond substituents is 1. The van der Waals surface area contributed by atoms with Crippen LogP contribution >= 0.6 is 0 Å². The molecule has 0 heterocycles. The summed E-state index contributed by atoms with van der Waals surface area (Å²) < 4.78 is 11.0. The molecule has 0 aliphatic heterocycles. The van der Waals surface area contributed by atoms with Crippen LogP contribution in [0.3, 0.4) is 0 Å². The van der Waals surface area contributed by atoms with Gasteiger partial charge in [0.05, 0.1) is 0 Å². The average molecular weight is 655 g/mol. The summed E-state index contributed by atoms with van der Waals surface area (Å²) in [5.41, 5.74) is 4.94. The minimum absolute atomic E-state index is 0.0884. The van der Waals surface area contributed by atoms with Crippen molar-refractivity contribution in [3.63, 3.8) is 0 Å². The summed E-state index contributed by atoms with van der Waals surface area (Å²) in [4.78, 5) is 68.0. The maximum Gasteiger partial charge on any atom is 0.408 e. The highest BCUT2D eigenvalue weighted by molar-refractivity contribution is 5.94. The number of phenols is 1. The first-order valence-electron chi connectivity index (χ1n) is 15.7. The molecule has 0 fully saturated rings. The Balaban J connectivity index is 2.66. The maximum absolute atomic E-state index is 14.4. The normalized spacial score (nSPS) is 13.6. The zero-order valence-electron chi connectivity index (χ0n) is 28.9. The van der Waals surface area contributed by atoms with E-state index in [-0.39, 0.29) is 30.6 Å². The molecular formula is C35H50N4O8. The van der Waals surface area contributed by atoms with Crippen LogP contribution in [-0.2, 0) is 35.1 Å². The number of alkyl carbamates (subject to hydrolysis) is 1. The Labute approximate surface area is 277 Å². The molecule has 0 saturated carbocycles. The lowest BCUT2D eigenvalue weighted by atomic mass is 9.96. The van der Waals surface area contributed by atoms with Crippen LogP contribution in [0.15, 0.2) is 48.5 Å². The fourth-order valence-corrected chi connectivity index (χ4v) is 4.84. The van der Waals surface area contributed by atoms with Crippen molar-refractivity contribution in [2.45, 2.75) is 117 Å². The highest BCUT2D eigenvalue weighted by Crippen LogP contribution is 2.34. The standard InChI is InChI=1S/C35H50N4O8/c1-21(2)39(31(43)25(18-19-27(36)40)38-33(45)47-35(7,8)9)28(24-17-13-14-22(3)29(24)41)30(42)37-26(32(44)46-34(4,5)6)20-23-15-11-10-12-16-23/h10-17,21,25-26,28,41H,18-20H2,1-9H3,(H2,36,40)(H,37,42)(H,38,45). The molecule has 3 unspecified atom stereocenters. The zero-order chi connectivity index (χ0) is 35.7. The SMILES string of the molecule is Cc1cccc(C(C(=O)NC(Cc2ccccc2)C(=O)OC(C)(C)C)N(C(=O)C(CCC(N)=O)NC(=O)OC(C)(C)C)C(C)C)c1O. The number of rotatable bonds is 13. The van der Waals surface area contributed by atoms with Crippen LogP contribution in [0.5, 0.6) is 5.75 Å². The molecule has 5 N–H and O–H groups in total. The Morgan fingerprint density at radius 2 is 1.45 bits per heavy atom. The van der Waals surface area contributed by atoms with Crippen LogP contribution < -0.4 is 16.4 Å². The number of carbonyl (C=O) groups excluding carboxylic acids is 5. The van der Waals surface area contributed by atoms with Crippen molar-refractivity contribution in [1.82, 2.24) is 15.5 Å². The summed E-state index contributed by atoms with van der Waals surface area (Å²) in [6, 6.07) is 9.21. The van der Waals surface area contributed by atoms with Gasteiger partial charge in [0.1, 0.15) is 35.1 Å².